The molecule has 0 radical (unpaired) electrons. The molecule has 86 heavy (non-hydrogen) atoms. The molecule has 0 aliphatic heterocycles. The number of nitrogens with zero attached hydrogens (tertiary/aromatic N) is 3. The van der Waals surface area contributed by atoms with Crippen LogP contribution in [-0.2, 0) is 61.7 Å². The van der Waals surface area contributed by atoms with Crippen molar-refractivity contribution in [2.45, 2.75) is 74.5 Å². The molecule has 23 nitrogen and oxygen atoms in total. The van der Waals surface area contributed by atoms with E-state index in [0.29, 0.717) is 32.7 Å². The molecule has 0 bridgehead atoms. The maximum atomic E-state index is 14.1. The summed E-state index contributed by atoms with van der Waals surface area (Å²) in [6.07, 6.45) is -0.0480. The molecule has 6 aromatic rings. The molecule has 0 spiro atoms. The molecule has 6 amide bonds. The fourth-order valence-corrected chi connectivity index (χ4v) is 12.3. The Kier molecular flexibility index (Phi) is 23.9. The van der Waals surface area contributed by atoms with Crippen LogP contribution in [0.5, 0.6) is 0 Å². The van der Waals surface area contributed by atoms with Crippen LogP contribution in [0.1, 0.15) is 38.8 Å². The van der Waals surface area contributed by atoms with Gasteiger partial charge in [-0.2, -0.15) is 9.44 Å². The van der Waals surface area contributed by atoms with Crippen LogP contribution in [0.25, 0.3) is 21.5 Å². The van der Waals surface area contributed by atoms with Crippen molar-refractivity contribution in [1.29, 1.82) is 0 Å². The van der Waals surface area contributed by atoms with Crippen LogP contribution in [-0.4, -0.2) is 150 Å². The van der Waals surface area contributed by atoms with E-state index in [1.165, 1.54) is 12.1 Å². The number of hydrogen-bond acceptors (Lipinski definition) is 13. The number of carbonyl (C=O) groups excluding carboxylic acids is 6. The summed E-state index contributed by atoms with van der Waals surface area (Å²) in [6, 6.07) is 33.4. The monoisotopic (exact) mass is 1220 g/mol. The molecule has 0 unspecified atom stereocenters. The molecule has 0 saturated heterocycles. The molecule has 6 aromatic carbocycles. The molecule has 0 heterocycles. The first kappa shape index (κ1) is 66.5. The number of rotatable bonds is 30. The first-order valence-electron chi connectivity index (χ1n) is 28.1. The topological polar surface area (TPSA) is 324 Å². The van der Waals surface area contributed by atoms with Gasteiger partial charge in [0.1, 0.15) is 24.2 Å². The second-order valence-corrected chi connectivity index (χ2v) is 24.9. The number of nitrogens with one attached hydrogen (secondary N) is 9. The first-order chi connectivity index (χ1) is 40.9. The van der Waals surface area contributed by atoms with E-state index in [0.717, 1.165) is 11.4 Å². The molecule has 0 aromatic heterocycles. The van der Waals surface area contributed by atoms with Gasteiger partial charge in [-0.05, 0) is 60.1 Å². The molecule has 11 N–H and O–H groups in total. The lowest BCUT2D eigenvalue weighted by atomic mass is 10.0. The average Bonchev–Trinajstić information content (AvgIpc) is 1.37. The van der Waals surface area contributed by atoms with Gasteiger partial charge in [0.05, 0.1) is 29.4 Å². The number of sulfonamides is 2. The van der Waals surface area contributed by atoms with Crippen LogP contribution >= 0.6 is 0 Å². The Balaban J connectivity index is 0.932. The van der Waals surface area contributed by atoms with Crippen molar-refractivity contribution in [3.05, 3.63) is 145 Å². The van der Waals surface area contributed by atoms with E-state index in [-0.39, 0.29) is 54.8 Å². The highest BCUT2D eigenvalue weighted by Gasteiger charge is 2.34. The summed E-state index contributed by atoms with van der Waals surface area (Å²) < 4.78 is 61.6. The highest BCUT2D eigenvalue weighted by molar-refractivity contribution is 7.90. The number of anilines is 2. The molecular weight excluding hydrogens is 1140 g/mol. The Bertz CT molecular complexity index is 3610. The number of fused-ring (bicyclic) bond motifs is 2. The van der Waals surface area contributed by atoms with E-state index >= 15 is 0 Å². The number of hydrogen-bond donors (Lipinski definition) is 10. The molecule has 6 rings (SSSR count). The fourth-order valence-electron chi connectivity index (χ4n) is 9.43. The molecular formula is C61H79N13O10S2. The zero-order valence-corrected chi connectivity index (χ0v) is 51.3. The normalized spacial score (nSPS) is 13.3. The lowest BCUT2D eigenvalue weighted by molar-refractivity contribution is -0.131. The van der Waals surface area contributed by atoms with Crippen LogP contribution in [0.15, 0.2) is 148 Å². The SMILES string of the molecule is CC(C)[C@H](NC(=O)[C@H](Cc1ccccc1)NS(=O)(=O)c1cccc2c(N(C)C)cccc12)C(=O)NCC(=O)NCCN=C(N)NCCNC(=O)CNC(=O)[C@@H](NC(=O)[C@H](Cc1ccccc1)NS(=O)(=O)c1cccc2c(N(C)C)cccc12)C(C)C. The zero-order chi connectivity index (χ0) is 62.7. The van der Waals surface area contributed by atoms with Crippen molar-refractivity contribution in [3.8, 4) is 0 Å². The van der Waals surface area contributed by atoms with E-state index < -0.39 is 105 Å². The molecule has 0 saturated carbocycles. The van der Waals surface area contributed by atoms with Crippen molar-refractivity contribution in [1.82, 2.24) is 46.7 Å². The van der Waals surface area contributed by atoms with Crippen LogP contribution in [0.4, 0.5) is 11.4 Å². The Labute approximate surface area is 503 Å². The van der Waals surface area contributed by atoms with Crippen molar-refractivity contribution in [3.63, 3.8) is 0 Å². The Morgan fingerprint density at radius 2 is 0.826 bits per heavy atom. The molecule has 0 fully saturated rings. The van der Waals surface area contributed by atoms with Gasteiger partial charge in [-0.15, -0.1) is 0 Å². The molecule has 0 aliphatic carbocycles. The van der Waals surface area contributed by atoms with Gasteiger partial charge < -0.3 is 52.8 Å². The Hall–Kier alpha value is -8.65. The van der Waals surface area contributed by atoms with E-state index in [9.17, 15) is 45.6 Å². The summed E-state index contributed by atoms with van der Waals surface area (Å²) in [5, 5.41) is 21.0. The third-order valence-electron chi connectivity index (χ3n) is 13.9. The minimum atomic E-state index is -4.30. The van der Waals surface area contributed by atoms with Crippen molar-refractivity contribution < 1.29 is 45.6 Å². The van der Waals surface area contributed by atoms with E-state index in [4.69, 9.17) is 5.73 Å². The van der Waals surface area contributed by atoms with Crippen LogP contribution in [0, 0.1) is 11.8 Å². The Morgan fingerprint density at radius 1 is 0.453 bits per heavy atom. The van der Waals surface area contributed by atoms with Gasteiger partial charge in [0.25, 0.3) is 0 Å². The first-order valence-corrected chi connectivity index (χ1v) is 31.1. The Morgan fingerprint density at radius 3 is 1.22 bits per heavy atom. The standard InChI is InChI=1S/C61H79N13O10S2/c1-39(2)55(69-57(77)47(35-41-19-11-9-12-20-41)71-85(81,82)51-29-17-23-43-45(51)25-15-27-49(43)73(5)6)59(79)67-37-53(75)63-31-33-65-61(62)66-34-32-64-54(76)38-68-60(80)56(40(3)4)70-58(78)48(36-42-21-13-10-14-22-42)72-86(83,84)52-30-18-24-44-46(52)26-16-28-50(44)74(7)8/h9-30,39-40,47-48,55-56,71-72H,31-38H2,1-8H3,(H,63,75)(H,64,76)(H,67,79)(H,68,80)(H,69,77)(H,70,78)(H3,62,65,66)/t47-,48-,55-,56-/m0/s1. The number of carbonyl (C=O) groups is 6. The highest BCUT2D eigenvalue weighted by Crippen LogP contribution is 2.32. The largest absolute Gasteiger partial charge is 0.377 e. The molecule has 0 aliphatic rings. The van der Waals surface area contributed by atoms with E-state index in [1.807, 2.05) is 62.3 Å². The number of guanidine groups is 1. The smallest absolute Gasteiger partial charge is 0.243 e. The van der Waals surface area contributed by atoms with Crippen LogP contribution in [0.2, 0.25) is 0 Å². The van der Waals surface area contributed by atoms with Crippen molar-refractivity contribution in [2.75, 3.05) is 77.3 Å². The number of benzene rings is 6. The van der Waals surface area contributed by atoms with Gasteiger partial charge in [0.15, 0.2) is 5.96 Å². The number of aliphatic imine (C=N–C) groups is 1. The summed E-state index contributed by atoms with van der Waals surface area (Å²) >= 11 is 0. The zero-order valence-electron chi connectivity index (χ0n) is 49.6. The van der Waals surface area contributed by atoms with Crippen LogP contribution in [0.3, 0.4) is 0 Å². The maximum absolute atomic E-state index is 14.1. The van der Waals surface area contributed by atoms with E-state index in [1.54, 1.807) is 125 Å². The van der Waals surface area contributed by atoms with Crippen molar-refractivity contribution in [2.24, 2.45) is 22.6 Å². The third kappa shape index (κ3) is 18.7. The average molecular weight is 1220 g/mol. The third-order valence-corrected chi connectivity index (χ3v) is 16.9. The summed E-state index contributed by atoms with van der Waals surface area (Å²) in [6.45, 7) is 6.23. The quantitative estimate of drug-likeness (QED) is 0.0176. The minimum absolute atomic E-state index is 0.00743. The van der Waals surface area contributed by atoms with Gasteiger partial charge in [-0.1, -0.05) is 137 Å². The van der Waals surface area contributed by atoms with Crippen LogP contribution < -0.4 is 62.2 Å². The van der Waals surface area contributed by atoms with E-state index in [2.05, 4.69) is 51.7 Å². The summed E-state index contributed by atoms with van der Waals surface area (Å²) in [7, 11) is -1.18. The van der Waals surface area contributed by atoms with Gasteiger partial charge in [0.2, 0.25) is 55.5 Å². The second-order valence-electron chi connectivity index (χ2n) is 21.6. The predicted octanol–water partition coefficient (Wildman–Crippen LogP) is 2.26. The maximum Gasteiger partial charge on any atom is 0.243 e. The highest BCUT2D eigenvalue weighted by atomic mass is 32.2. The number of amides is 6. The lowest BCUT2D eigenvalue weighted by Crippen LogP contribution is -2.56. The van der Waals surface area contributed by atoms with Crippen molar-refractivity contribution >= 4 is 94.4 Å². The van der Waals surface area contributed by atoms with Gasteiger partial charge in [0, 0.05) is 80.7 Å². The van der Waals surface area contributed by atoms with Gasteiger partial charge in [-0.25, -0.2) is 16.8 Å². The predicted molar refractivity (Wildman–Crippen MR) is 335 cm³/mol. The fraction of sp³-hybridized carbons (Fsp3) is 0.361. The van der Waals surface area contributed by atoms with Gasteiger partial charge in [-0.3, -0.25) is 33.8 Å². The summed E-state index contributed by atoms with van der Waals surface area (Å²) in [4.78, 5) is 88.5. The van der Waals surface area contributed by atoms with Gasteiger partial charge >= 0.3 is 0 Å². The lowest BCUT2D eigenvalue weighted by Gasteiger charge is -2.25. The molecule has 4 atom stereocenters. The molecule has 25 heteroatoms. The summed E-state index contributed by atoms with van der Waals surface area (Å²) in [5.74, 6) is -4.83. The second kappa shape index (κ2) is 30.9. The summed E-state index contributed by atoms with van der Waals surface area (Å²) in [5.41, 5.74) is 8.96. The number of nitrogens with two attached hydrogens (primary N) is 1. The minimum Gasteiger partial charge on any atom is -0.377 e. The molecule has 460 valence electrons.